The summed E-state index contributed by atoms with van der Waals surface area (Å²) in [6.45, 7) is 0. The van der Waals surface area contributed by atoms with Crippen molar-refractivity contribution in [3.05, 3.63) is 83.4 Å². The van der Waals surface area contributed by atoms with E-state index in [1.54, 1.807) is 30.3 Å². The lowest BCUT2D eigenvalue weighted by Gasteiger charge is -2.17. The highest BCUT2D eigenvalue weighted by Gasteiger charge is 2.19. The molecule has 0 fully saturated rings. The van der Waals surface area contributed by atoms with Crippen LogP contribution in [0.25, 0.3) is 0 Å². The lowest BCUT2D eigenvalue weighted by Crippen LogP contribution is -2.15. The zero-order valence-corrected chi connectivity index (χ0v) is 16.5. The van der Waals surface area contributed by atoms with Gasteiger partial charge in [-0.15, -0.1) is 0 Å². The van der Waals surface area contributed by atoms with E-state index in [9.17, 15) is 9.90 Å². The Morgan fingerprint density at radius 2 is 1.45 bits per heavy atom. The van der Waals surface area contributed by atoms with E-state index < -0.39 is 6.10 Å². The highest BCUT2D eigenvalue weighted by Crippen LogP contribution is 2.38. The Kier molecular flexibility index (Phi) is 6.36. The number of rotatable bonds is 7. The van der Waals surface area contributed by atoms with Crippen LogP contribution in [0.1, 0.15) is 27.6 Å². The molecule has 6 nitrogen and oxygen atoms in total. The molecule has 1 atom stereocenters. The second kappa shape index (κ2) is 9.12. The van der Waals surface area contributed by atoms with Gasteiger partial charge in [-0.05, 0) is 23.8 Å². The number of anilines is 1. The predicted octanol–water partition coefficient (Wildman–Crippen LogP) is 4.05. The third-order valence-electron chi connectivity index (χ3n) is 4.55. The van der Waals surface area contributed by atoms with Crippen LogP contribution >= 0.6 is 0 Å². The monoisotopic (exact) mass is 393 g/mol. The maximum atomic E-state index is 12.9. The number of aliphatic hydroxyl groups is 1. The van der Waals surface area contributed by atoms with Gasteiger partial charge in [0.25, 0.3) is 5.91 Å². The number of aliphatic hydroxyl groups excluding tert-OH is 1. The van der Waals surface area contributed by atoms with Crippen LogP contribution in [0.3, 0.4) is 0 Å². The van der Waals surface area contributed by atoms with Crippen LogP contribution in [0.5, 0.6) is 17.2 Å². The van der Waals surface area contributed by atoms with Gasteiger partial charge < -0.3 is 24.6 Å². The fourth-order valence-corrected chi connectivity index (χ4v) is 3.07. The summed E-state index contributed by atoms with van der Waals surface area (Å²) < 4.78 is 15.9. The van der Waals surface area contributed by atoms with Crippen molar-refractivity contribution in [1.29, 1.82) is 0 Å². The molecule has 3 aromatic carbocycles. The van der Waals surface area contributed by atoms with E-state index in [4.69, 9.17) is 14.2 Å². The molecule has 0 saturated carbocycles. The predicted molar refractivity (Wildman–Crippen MR) is 111 cm³/mol. The first-order chi connectivity index (χ1) is 14.1. The molecule has 0 radical (unpaired) electrons. The van der Waals surface area contributed by atoms with E-state index in [0.29, 0.717) is 34.1 Å². The molecule has 0 aliphatic carbocycles. The van der Waals surface area contributed by atoms with Gasteiger partial charge >= 0.3 is 0 Å². The number of para-hydroxylation sites is 1. The highest BCUT2D eigenvalue weighted by atomic mass is 16.5. The SMILES string of the molecule is COc1cc(C(=O)Nc2ccccc2C(O)c2ccccc2)cc(OC)c1OC. The van der Waals surface area contributed by atoms with Crippen molar-refractivity contribution < 1.29 is 24.1 Å². The third-order valence-corrected chi connectivity index (χ3v) is 4.55. The standard InChI is InChI=1S/C23H23NO5/c1-27-19-13-16(14-20(28-2)22(19)29-3)23(26)24-18-12-8-7-11-17(18)21(25)15-9-5-4-6-10-15/h4-14,21,25H,1-3H3,(H,24,26). The van der Waals surface area contributed by atoms with Crippen LogP contribution in [-0.2, 0) is 0 Å². The van der Waals surface area contributed by atoms with Gasteiger partial charge in [0.2, 0.25) is 5.75 Å². The first kappa shape index (κ1) is 20.2. The Morgan fingerprint density at radius 3 is 2.03 bits per heavy atom. The summed E-state index contributed by atoms with van der Waals surface area (Å²) in [6, 6.07) is 19.6. The minimum atomic E-state index is -0.868. The first-order valence-electron chi connectivity index (χ1n) is 9.02. The van der Waals surface area contributed by atoms with Gasteiger partial charge in [0.1, 0.15) is 6.10 Å². The fraction of sp³-hybridized carbons (Fsp3) is 0.174. The number of hydrogen-bond donors (Lipinski definition) is 2. The van der Waals surface area contributed by atoms with E-state index in [-0.39, 0.29) is 5.91 Å². The maximum absolute atomic E-state index is 12.9. The summed E-state index contributed by atoms with van der Waals surface area (Å²) in [4.78, 5) is 12.9. The van der Waals surface area contributed by atoms with Crippen molar-refractivity contribution in [2.45, 2.75) is 6.10 Å². The van der Waals surface area contributed by atoms with E-state index in [1.165, 1.54) is 21.3 Å². The molecule has 0 saturated heterocycles. The van der Waals surface area contributed by atoms with Gasteiger partial charge in [0.15, 0.2) is 11.5 Å². The lowest BCUT2D eigenvalue weighted by molar-refractivity contribution is 0.102. The maximum Gasteiger partial charge on any atom is 0.255 e. The zero-order valence-electron chi connectivity index (χ0n) is 16.5. The Bertz CT molecular complexity index is 963. The Hall–Kier alpha value is -3.51. The average molecular weight is 393 g/mol. The normalized spacial score (nSPS) is 11.4. The molecule has 0 aliphatic rings. The summed E-state index contributed by atoms with van der Waals surface area (Å²) >= 11 is 0. The summed E-state index contributed by atoms with van der Waals surface area (Å²) in [6.07, 6.45) is -0.868. The van der Waals surface area contributed by atoms with Gasteiger partial charge in [-0.1, -0.05) is 48.5 Å². The van der Waals surface area contributed by atoms with Crippen molar-refractivity contribution >= 4 is 11.6 Å². The topological polar surface area (TPSA) is 77.0 Å². The fourth-order valence-electron chi connectivity index (χ4n) is 3.07. The van der Waals surface area contributed by atoms with Gasteiger partial charge in [-0.2, -0.15) is 0 Å². The molecule has 29 heavy (non-hydrogen) atoms. The second-order valence-electron chi connectivity index (χ2n) is 6.27. The van der Waals surface area contributed by atoms with Gasteiger partial charge in [-0.25, -0.2) is 0 Å². The number of benzene rings is 3. The van der Waals surface area contributed by atoms with Crippen molar-refractivity contribution in [1.82, 2.24) is 0 Å². The summed E-state index contributed by atoms with van der Waals surface area (Å²) in [5.41, 5.74) is 2.19. The number of carbonyl (C=O) groups excluding carboxylic acids is 1. The Morgan fingerprint density at radius 1 is 0.862 bits per heavy atom. The summed E-state index contributed by atoms with van der Waals surface area (Å²) in [7, 11) is 4.48. The highest BCUT2D eigenvalue weighted by molar-refractivity contribution is 6.05. The van der Waals surface area contributed by atoms with Crippen LogP contribution in [-0.4, -0.2) is 32.3 Å². The smallest absolute Gasteiger partial charge is 0.255 e. The van der Waals surface area contributed by atoms with Crippen LogP contribution in [0.15, 0.2) is 66.7 Å². The molecular weight excluding hydrogens is 370 g/mol. The molecule has 150 valence electrons. The van der Waals surface area contributed by atoms with Crippen molar-refractivity contribution in [3.63, 3.8) is 0 Å². The van der Waals surface area contributed by atoms with E-state index in [1.807, 2.05) is 36.4 Å². The summed E-state index contributed by atoms with van der Waals surface area (Å²) in [5, 5.41) is 13.6. The van der Waals surface area contributed by atoms with Crippen molar-refractivity contribution in [3.8, 4) is 17.2 Å². The largest absolute Gasteiger partial charge is 0.493 e. The molecule has 1 unspecified atom stereocenters. The van der Waals surface area contributed by atoms with Gasteiger partial charge in [0.05, 0.1) is 21.3 Å². The minimum absolute atomic E-state index is 0.337. The molecule has 6 heteroatoms. The molecule has 1 amide bonds. The van der Waals surface area contributed by atoms with Crippen LogP contribution in [0.4, 0.5) is 5.69 Å². The number of carbonyl (C=O) groups is 1. The molecular formula is C23H23NO5. The van der Waals surface area contributed by atoms with Crippen LogP contribution in [0, 0.1) is 0 Å². The van der Waals surface area contributed by atoms with E-state index >= 15 is 0 Å². The molecule has 3 aromatic rings. The zero-order chi connectivity index (χ0) is 20.8. The Balaban J connectivity index is 1.93. The molecule has 0 bridgehead atoms. The number of nitrogens with one attached hydrogen (secondary N) is 1. The number of methoxy groups -OCH3 is 3. The van der Waals surface area contributed by atoms with Gasteiger partial charge in [-0.3, -0.25) is 4.79 Å². The first-order valence-corrected chi connectivity index (χ1v) is 9.02. The van der Waals surface area contributed by atoms with Gasteiger partial charge in [0, 0.05) is 16.8 Å². The molecule has 0 spiro atoms. The lowest BCUT2D eigenvalue weighted by atomic mass is 9.99. The number of hydrogen-bond acceptors (Lipinski definition) is 5. The van der Waals surface area contributed by atoms with Crippen LogP contribution in [0.2, 0.25) is 0 Å². The van der Waals surface area contributed by atoms with Crippen molar-refractivity contribution in [2.75, 3.05) is 26.6 Å². The second-order valence-corrected chi connectivity index (χ2v) is 6.27. The molecule has 2 N–H and O–H groups in total. The van der Waals surface area contributed by atoms with E-state index in [2.05, 4.69) is 5.32 Å². The molecule has 0 aliphatic heterocycles. The third kappa shape index (κ3) is 4.33. The summed E-state index contributed by atoms with van der Waals surface area (Å²) in [5.74, 6) is 0.813. The quantitative estimate of drug-likeness (QED) is 0.633. The minimum Gasteiger partial charge on any atom is -0.493 e. The molecule has 0 heterocycles. The molecule has 3 rings (SSSR count). The van der Waals surface area contributed by atoms with Crippen molar-refractivity contribution in [2.24, 2.45) is 0 Å². The average Bonchev–Trinajstić information content (AvgIpc) is 2.78. The Labute approximate surface area is 169 Å². The number of ether oxygens (including phenoxy) is 3. The van der Waals surface area contributed by atoms with E-state index in [0.717, 1.165) is 5.56 Å². The van der Waals surface area contributed by atoms with Crippen LogP contribution < -0.4 is 19.5 Å². The molecule has 0 aromatic heterocycles. The number of amides is 1.